The Labute approximate surface area is 147 Å². The Hall–Kier alpha value is -2.14. The number of rotatable bonds is 5. The molecule has 0 unspecified atom stereocenters. The minimum Gasteiger partial charge on any atom is -0.366 e. The van der Waals surface area contributed by atoms with Gasteiger partial charge in [0.2, 0.25) is 0 Å². The van der Waals surface area contributed by atoms with E-state index in [-0.39, 0.29) is 0 Å². The average molecular weight is 338 g/mol. The minimum absolute atomic E-state index is 0.857. The molecule has 5 heteroatoms. The van der Waals surface area contributed by atoms with E-state index in [2.05, 4.69) is 34.4 Å². The Balaban J connectivity index is 1.61. The topological polar surface area (TPSA) is 41.1 Å². The highest BCUT2D eigenvalue weighted by atomic mass is 32.1. The molecule has 3 heterocycles. The number of aromatic nitrogens is 2. The summed E-state index contributed by atoms with van der Waals surface area (Å²) in [5, 5.41) is 4.09. The maximum atomic E-state index is 4.71. The molecule has 2 aliphatic rings. The van der Waals surface area contributed by atoms with E-state index in [1.165, 1.54) is 23.3 Å². The van der Waals surface area contributed by atoms with Crippen molar-refractivity contribution in [2.45, 2.75) is 33.2 Å². The second kappa shape index (κ2) is 5.74. The number of hydrogen-bond acceptors (Lipinski definition) is 5. The summed E-state index contributed by atoms with van der Waals surface area (Å²) in [6, 6.07) is 2.26. The van der Waals surface area contributed by atoms with Crippen LogP contribution in [0.3, 0.4) is 0 Å². The van der Waals surface area contributed by atoms with Crippen LogP contribution in [0, 0.1) is 12.8 Å². The standard InChI is InChI=1S/C19H22N4S/c1-11(2)21-19-22-12(3)18(24-19)15-7-16-10-23(9-14-5-6-14)13(4)17(16)20-8-15/h7-8,14H,1,4-6,9-10H2,2-3H3,(H,21,22). The molecule has 2 aromatic rings. The second-order valence-electron chi connectivity index (χ2n) is 6.84. The predicted molar refractivity (Wildman–Crippen MR) is 101 cm³/mol. The summed E-state index contributed by atoms with van der Waals surface area (Å²) < 4.78 is 0. The van der Waals surface area contributed by atoms with Crippen molar-refractivity contribution >= 4 is 22.2 Å². The Bertz CT molecular complexity index is 832. The van der Waals surface area contributed by atoms with Gasteiger partial charge in [0, 0.05) is 30.5 Å². The summed E-state index contributed by atoms with van der Waals surface area (Å²) in [6.45, 7) is 14.2. The lowest BCUT2D eigenvalue weighted by Crippen LogP contribution is -2.17. The summed E-state index contributed by atoms with van der Waals surface area (Å²) in [7, 11) is 0. The van der Waals surface area contributed by atoms with Crippen molar-refractivity contribution in [3.05, 3.63) is 48.1 Å². The van der Waals surface area contributed by atoms with Gasteiger partial charge in [-0.2, -0.15) is 0 Å². The third kappa shape index (κ3) is 2.84. The molecule has 1 aliphatic carbocycles. The van der Waals surface area contributed by atoms with Crippen molar-refractivity contribution in [3.63, 3.8) is 0 Å². The zero-order valence-corrected chi connectivity index (χ0v) is 15.0. The van der Waals surface area contributed by atoms with Crippen LogP contribution in [0.2, 0.25) is 0 Å². The van der Waals surface area contributed by atoms with E-state index in [0.717, 1.165) is 52.5 Å². The number of nitrogens with zero attached hydrogens (tertiary/aromatic N) is 3. The zero-order chi connectivity index (χ0) is 16.8. The summed E-state index contributed by atoms with van der Waals surface area (Å²) in [6.07, 6.45) is 4.67. The summed E-state index contributed by atoms with van der Waals surface area (Å²) in [4.78, 5) is 12.8. The van der Waals surface area contributed by atoms with E-state index in [1.54, 1.807) is 11.3 Å². The molecule has 24 heavy (non-hydrogen) atoms. The van der Waals surface area contributed by atoms with Crippen molar-refractivity contribution in [1.82, 2.24) is 14.9 Å². The predicted octanol–water partition coefficient (Wildman–Crippen LogP) is 4.66. The van der Waals surface area contributed by atoms with Gasteiger partial charge in [-0.25, -0.2) is 4.98 Å². The lowest BCUT2D eigenvalue weighted by atomic mass is 10.1. The fraction of sp³-hybridized carbons (Fsp3) is 0.368. The van der Waals surface area contributed by atoms with E-state index in [4.69, 9.17) is 4.98 Å². The average Bonchev–Trinajstić information content (AvgIpc) is 3.19. The lowest BCUT2D eigenvalue weighted by molar-refractivity contribution is 0.391. The smallest absolute Gasteiger partial charge is 0.187 e. The molecule has 124 valence electrons. The number of nitrogens with one attached hydrogen (secondary N) is 1. The van der Waals surface area contributed by atoms with Gasteiger partial charge in [0.1, 0.15) is 0 Å². The number of allylic oxidation sites excluding steroid dienone is 1. The monoisotopic (exact) mass is 338 g/mol. The summed E-state index contributed by atoms with van der Waals surface area (Å²) in [5.74, 6) is 0.857. The fourth-order valence-corrected chi connectivity index (χ4v) is 4.18. The van der Waals surface area contributed by atoms with E-state index in [1.807, 2.05) is 20.0 Å². The number of pyridine rings is 1. The van der Waals surface area contributed by atoms with Crippen LogP contribution < -0.4 is 5.32 Å². The molecule has 2 aromatic heterocycles. The lowest BCUT2D eigenvalue weighted by Gasteiger charge is -2.18. The molecule has 0 saturated heterocycles. The molecule has 1 saturated carbocycles. The third-order valence-corrected chi connectivity index (χ3v) is 5.66. The first-order valence-electron chi connectivity index (χ1n) is 8.34. The largest absolute Gasteiger partial charge is 0.366 e. The SMILES string of the molecule is C=C(C)Nc1nc(C)c(-c2cnc3c(c2)CN(CC2CC2)C3=C)s1. The Morgan fingerprint density at radius 2 is 2.25 bits per heavy atom. The zero-order valence-electron chi connectivity index (χ0n) is 14.2. The van der Waals surface area contributed by atoms with Gasteiger partial charge in [0.05, 0.1) is 22.0 Å². The van der Waals surface area contributed by atoms with Crippen molar-refractivity contribution in [2.24, 2.45) is 5.92 Å². The van der Waals surface area contributed by atoms with Gasteiger partial charge in [-0.05, 0) is 44.2 Å². The Kier molecular flexibility index (Phi) is 3.68. The maximum absolute atomic E-state index is 4.71. The van der Waals surface area contributed by atoms with Gasteiger partial charge in [-0.15, -0.1) is 0 Å². The molecule has 0 spiro atoms. The van der Waals surface area contributed by atoms with Gasteiger partial charge in [0.25, 0.3) is 0 Å². The van der Waals surface area contributed by atoms with E-state index in [0.29, 0.717) is 0 Å². The molecule has 0 aromatic carbocycles. The fourth-order valence-electron chi connectivity index (χ4n) is 3.15. The molecule has 1 N–H and O–H groups in total. The van der Waals surface area contributed by atoms with Crippen LogP contribution in [-0.4, -0.2) is 21.4 Å². The first kappa shape index (κ1) is 15.4. The number of hydrogen-bond donors (Lipinski definition) is 1. The summed E-state index contributed by atoms with van der Waals surface area (Å²) in [5.41, 5.74) is 6.47. The van der Waals surface area contributed by atoms with Crippen LogP contribution in [0.25, 0.3) is 16.1 Å². The molecule has 1 fully saturated rings. The van der Waals surface area contributed by atoms with Crippen LogP contribution in [0.1, 0.15) is 36.7 Å². The van der Waals surface area contributed by atoms with Gasteiger partial charge in [-0.3, -0.25) is 4.98 Å². The first-order valence-corrected chi connectivity index (χ1v) is 9.16. The molecule has 0 radical (unpaired) electrons. The molecular weight excluding hydrogens is 316 g/mol. The first-order chi connectivity index (χ1) is 11.5. The van der Waals surface area contributed by atoms with Crippen molar-refractivity contribution in [1.29, 1.82) is 0 Å². The Morgan fingerprint density at radius 3 is 2.96 bits per heavy atom. The van der Waals surface area contributed by atoms with Crippen LogP contribution in [0.5, 0.6) is 0 Å². The van der Waals surface area contributed by atoms with Gasteiger partial charge < -0.3 is 10.2 Å². The van der Waals surface area contributed by atoms with E-state index < -0.39 is 0 Å². The molecule has 0 bridgehead atoms. The summed E-state index contributed by atoms with van der Waals surface area (Å²) >= 11 is 1.65. The molecular formula is C19H22N4S. The highest BCUT2D eigenvalue weighted by molar-refractivity contribution is 7.19. The molecule has 1 aliphatic heterocycles. The number of fused-ring (bicyclic) bond motifs is 1. The van der Waals surface area contributed by atoms with Gasteiger partial charge in [0.15, 0.2) is 5.13 Å². The van der Waals surface area contributed by atoms with Gasteiger partial charge >= 0.3 is 0 Å². The van der Waals surface area contributed by atoms with Crippen molar-refractivity contribution in [3.8, 4) is 10.4 Å². The second-order valence-corrected chi connectivity index (χ2v) is 7.84. The van der Waals surface area contributed by atoms with Crippen LogP contribution in [-0.2, 0) is 6.54 Å². The normalized spacial score (nSPS) is 16.4. The quantitative estimate of drug-likeness (QED) is 0.861. The number of anilines is 1. The number of thiazole rings is 1. The maximum Gasteiger partial charge on any atom is 0.187 e. The van der Waals surface area contributed by atoms with Crippen molar-refractivity contribution < 1.29 is 0 Å². The third-order valence-electron chi connectivity index (χ3n) is 4.54. The van der Waals surface area contributed by atoms with Crippen molar-refractivity contribution in [2.75, 3.05) is 11.9 Å². The highest BCUT2D eigenvalue weighted by Crippen LogP contribution is 2.39. The van der Waals surface area contributed by atoms with Crippen LogP contribution >= 0.6 is 11.3 Å². The molecule has 4 nitrogen and oxygen atoms in total. The van der Waals surface area contributed by atoms with Crippen LogP contribution in [0.15, 0.2) is 31.1 Å². The molecule has 4 rings (SSSR count). The van der Waals surface area contributed by atoms with Crippen LogP contribution in [0.4, 0.5) is 5.13 Å². The minimum atomic E-state index is 0.857. The Morgan fingerprint density at radius 1 is 1.46 bits per heavy atom. The molecule has 0 amide bonds. The van der Waals surface area contributed by atoms with Gasteiger partial charge in [-0.1, -0.05) is 24.5 Å². The van der Waals surface area contributed by atoms with E-state index in [9.17, 15) is 0 Å². The van der Waals surface area contributed by atoms with E-state index >= 15 is 0 Å². The molecule has 0 atom stereocenters. The highest BCUT2D eigenvalue weighted by Gasteiger charge is 2.30. The number of aryl methyl sites for hydroxylation is 1.